The Balaban J connectivity index is 1.73. The van der Waals surface area contributed by atoms with Gasteiger partial charge >= 0.3 is 6.09 Å². The van der Waals surface area contributed by atoms with E-state index in [2.05, 4.69) is 5.32 Å². The van der Waals surface area contributed by atoms with E-state index in [0.717, 1.165) is 10.5 Å². The lowest BCUT2D eigenvalue weighted by Gasteiger charge is -2.09. The Morgan fingerprint density at radius 3 is 2.52 bits per heavy atom. The van der Waals surface area contributed by atoms with E-state index in [1.54, 1.807) is 18.2 Å². The molecule has 0 atom stereocenters. The standard InChI is InChI=1S/C17H14N2O4/c1-19-15(20)12-8-5-9-13(14(12)16(19)21)18-17(22)23-10-11-6-3-2-4-7-11/h2-9H,10H2,1H3,(H,18,22). The van der Waals surface area contributed by atoms with Crippen molar-refractivity contribution in [1.82, 2.24) is 4.90 Å². The second-order valence-electron chi connectivity index (χ2n) is 5.08. The van der Waals surface area contributed by atoms with Gasteiger partial charge in [-0.15, -0.1) is 0 Å². The summed E-state index contributed by atoms with van der Waals surface area (Å²) in [6, 6.07) is 14.0. The first-order valence-corrected chi connectivity index (χ1v) is 7.01. The highest BCUT2D eigenvalue weighted by molar-refractivity contribution is 6.24. The first-order chi connectivity index (χ1) is 11.1. The van der Waals surface area contributed by atoms with Crippen LogP contribution in [0.3, 0.4) is 0 Å². The van der Waals surface area contributed by atoms with Crippen LogP contribution >= 0.6 is 0 Å². The number of benzene rings is 2. The molecule has 1 aliphatic heterocycles. The van der Waals surface area contributed by atoms with Crippen molar-refractivity contribution in [3.63, 3.8) is 0 Å². The molecule has 2 aromatic rings. The third kappa shape index (κ3) is 2.78. The highest BCUT2D eigenvalue weighted by Crippen LogP contribution is 2.28. The maximum Gasteiger partial charge on any atom is 0.411 e. The summed E-state index contributed by atoms with van der Waals surface area (Å²) in [5, 5.41) is 2.52. The van der Waals surface area contributed by atoms with Crippen LogP contribution in [0.4, 0.5) is 10.5 Å². The van der Waals surface area contributed by atoms with Crippen molar-refractivity contribution in [3.05, 3.63) is 65.2 Å². The fourth-order valence-corrected chi connectivity index (χ4v) is 2.37. The number of nitrogens with zero attached hydrogens (tertiary/aromatic N) is 1. The van der Waals surface area contributed by atoms with E-state index >= 15 is 0 Å². The van der Waals surface area contributed by atoms with Gasteiger partial charge in [0, 0.05) is 7.05 Å². The van der Waals surface area contributed by atoms with Crippen molar-refractivity contribution in [3.8, 4) is 0 Å². The van der Waals surface area contributed by atoms with Crippen molar-refractivity contribution >= 4 is 23.6 Å². The minimum Gasteiger partial charge on any atom is -0.444 e. The monoisotopic (exact) mass is 310 g/mol. The molecule has 116 valence electrons. The molecule has 0 spiro atoms. The summed E-state index contributed by atoms with van der Waals surface area (Å²) in [4.78, 5) is 36.9. The number of fused-ring (bicyclic) bond motifs is 1. The molecular weight excluding hydrogens is 296 g/mol. The summed E-state index contributed by atoms with van der Waals surface area (Å²) in [6.07, 6.45) is -0.683. The third-order valence-electron chi connectivity index (χ3n) is 3.57. The van der Waals surface area contributed by atoms with Crippen molar-refractivity contribution in [2.75, 3.05) is 12.4 Å². The van der Waals surface area contributed by atoms with Crippen LogP contribution in [0.25, 0.3) is 0 Å². The number of rotatable bonds is 3. The topological polar surface area (TPSA) is 75.7 Å². The Hall–Kier alpha value is -3.15. The average Bonchev–Trinajstić information content (AvgIpc) is 2.79. The number of ether oxygens (including phenoxy) is 1. The van der Waals surface area contributed by atoms with E-state index < -0.39 is 12.0 Å². The van der Waals surface area contributed by atoms with Crippen LogP contribution in [-0.2, 0) is 11.3 Å². The Morgan fingerprint density at radius 1 is 1.04 bits per heavy atom. The van der Waals surface area contributed by atoms with Crippen LogP contribution in [0.1, 0.15) is 26.3 Å². The van der Waals surface area contributed by atoms with Gasteiger partial charge in [0.25, 0.3) is 11.8 Å². The zero-order valence-electron chi connectivity index (χ0n) is 12.4. The van der Waals surface area contributed by atoms with Crippen LogP contribution in [0.5, 0.6) is 0 Å². The maximum absolute atomic E-state index is 12.1. The number of hydrogen-bond donors (Lipinski definition) is 1. The summed E-state index contributed by atoms with van der Waals surface area (Å²) in [6.45, 7) is 0.120. The number of nitrogens with one attached hydrogen (secondary N) is 1. The molecule has 0 bridgehead atoms. The molecule has 3 rings (SSSR count). The first kappa shape index (κ1) is 14.8. The fraction of sp³-hybridized carbons (Fsp3) is 0.118. The zero-order valence-corrected chi connectivity index (χ0v) is 12.4. The largest absolute Gasteiger partial charge is 0.444 e. The molecular formula is C17H14N2O4. The maximum atomic E-state index is 12.1. The summed E-state index contributed by atoms with van der Waals surface area (Å²) >= 11 is 0. The molecule has 6 heteroatoms. The quantitative estimate of drug-likeness (QED) is 0.884. The van der Waals surface area contributed by atoms with Gasteiger partial charge in [-0.25, -0.2) is 4.79 Å². The smallest absolute Gasteiger partial charge is 0.411 e. The van der Waals surface area contributed by atoms with Gasteiger partial charge in [-0.3, -0.25) is 19.8 Å². The normalized spacial score (nSPS) is 13.0. The minimum absolute atomic E-state index is 0.120. The molecule has 3 amide bonds. The number of hydrogen-bond acceptors (Lipinski definition) is 4. The Bertz CT molecular complexity index is 786. The zero-order chi connectivity index (χ0) is 16.4. The number of anilines is 1. The van der Waals surface area contributed by atoms with Crippen LogP contribution in [0.15, 0.2) is 48.5 Å². The Labute approximate surface area is 132 Å². The predicted octanol–water partition coefficient (Wildman–Crippen LogP) is 2.66. The van der Waals surface area contributed by atoms with Crippen molar-refractivity contribution in [2.45, 2.75) is 6.61 Å². The van der Waals surface area contributed by atoms with E-state index in [4.69, 9.17) is 4.74 Å². The van der Waals surface area contributed by atoms with Crippen LogP contribution in [0, 0.1) is 0 Å². The van der Waals surface area contributed by atoms with Crippen molar-refractivity contribution in [1.29, 1.82) is 0 Å². The molecule has 0 unspecified atom stereocenters. The lowest BCUT2D eigenvalue weighted by atomic mass is 10.1. The second-order valence-corrected chi connectivity index (χ2v) is 5.08. The van der Waals surface area contributed by atoms with Crippen molar-refractivity contribution in [2.24, 2.45) is 0 Å². The molecule has 2 aromatic carbocycles. The molecule has 0 radical (unpaired) electrons. The van der Waals surface area contributed by atoms with E-state index in [1.165, 1.54) is 7.05 Å². The van der Waals surface area contributed by atoms with Gasteiger partial charge in [0.2, 0.25) is 0 Å². The fourth-order valence-electron chi connectivity index (χ4n) is 2.37. The highest BCUT2D eigenvalue weighted by Gasteiger charge is 2.35. The van der Waals surface area contributed by atoms with E-state index in [-0.39, 0.29) is 29.3 Å². The molecule has 1 aliphatic rings. The number of carbonyl (C=O) groups is 3. The Kier molecular flexibility index (Phi) is 3.80. The van der Waals surface area contributed by atoms with E-state index in [0.29, 0.717) is 0 Å². The molecule has 0 saturated carbocycles. The number of imide groups is 1. The molecule has 0 fully saturated rings. The van der Waals surface area contributed by atoms with Crippen LogP contribution in [-0.4, -0.2) is 29.9 Å². The number of carbonyl (C=O) groups excluding carboxylic acids is 3. The Morgan fingerprint density at radius 2 is 1.78 bits per heavy atom. The van der Waals surface area contributed by atoms with Gasteiger partial charge in [0.05, 0.1) is 16.8 Å². The second kappa shape index (κ2) is 5.92. The molecule has 1 N–H and O–H groups in total. The average molecular weight is 310 g/mol. The van der Waals surface area contributed by atoms with Gasteiger partial charge in [-0.2, -0.15) is 0 Å². The molecule has 0 aliphatic carbocycles. The summed E-state index contributed by atoms with van der Waals surface area (Å²) in [5.74, 6) is -0.824. The summed E-state index contributed by atoms with van der Waals surface area (Å²) < 4.78 is 5.12. The molecule has 6 nitrogen and oxygen atoms in total. The lowest BCUT2D eigenvalue weighted by Crippen LogP contribution is -2.24. The molecule has 23 heavy (non-hydrogen) atoms. The number of amides is 3. The van der Waals surface area contributed by atoms with Gasteiger partial charge in [0.15, 0.2) is 0 Å². The van der Waals surface area contributed by atoms with Gasteiger partial charge in [-0.05, 0) is 17.7 Å². The minimum atomic E-state index is -0.683. The van der Waals surface area contributed by atoms with E-state index in [9.17, 15) is 14.4 Å². The van der Waals surface area contributed by atoms with Crippen LogP contribution < -0.4 is 5.32 Å². The summed E-state index contributed by atoms with van der Waals surface area (Å²) in [5.41, 5.74) is 1.59. The van der Waals surface area contributed by atoms with E-state index in [1.807, 2.05) is 30.3 Å². The molecule has 1 heterocycles. The van der Waals surface area contributed by atoms with Crippen LogP contribution in [0.2, 0.25) is 0 Å². The van der Waals surface area contributed by atoms with Gasteiger partial charge < -0.3 is 4.74 Å². The SMILES string of the molecule is CN1C(=O)c2cccc(NC(=O)OCc3ccccc3)c2C1=O. The molecule has 0 saturated heterocycles. The van der Waals surface area contributed by atoms with Gasteiger partial charge in [-0.1, -0.05) is 36.4 Å². The molecule has 0 aromatic heterocycles. The van der Waals surface area contributed by atoms with Gasteiger partial charge in [0.1, 0.15) is 6.61 Å². The highest BCUT2D eigenvalue weighted by atomic mass is 16.5. The summed E-state index contributed by atoms with van der Waals surface area (Å²) in [7, 11) is 1.40. The van der Waals surface area contributed by atoms with Crippen molar-refractivity contribution < 1.29 is 19.1 Å². The predicted molar refractivity (Wildman–Crippen MR) is 83.1 cm³/mol. The lowest BCUT2D eigenvalue weighted by molar-refractivity contribution is 0.0693. The first-order valence-electron chi connectivity index (χ1n) is 7.01. The third-order valence-corrected chi connectivity index (χ3v) is 3.57.